The van der Waals surface area contributed by atoms with Crippen LogP contribution in [0.3, 0.4) is 0 Å². The minimum atomic E-state index is 0. The van der Waals surface area contributed by atoms with Gasteiger partial charge in [0.1, 0.15) is 5.76 Å². The van der Waals surface area contributed by atoms with Gasteiger partial charge in [0.05, 0.1) is 26.5 Å². The van der Waals surface area contributed by atoms with Gasteiger partial charge in [-0.05, 0) is 24.3 Å². The Morgan fingerprint density at radius 1 is 1.16 bits per heavy atom. The second-order valence-electron chi connectivity index (χ2n) is 5.45. The second-order valence-corrected chi connectivity index (χ2v) is 5.45. The van der Waals surface area contributed by atoms with Crippen LogP contribution in [0, 0.1) is 5.92 Å². The van der Waals surface area contributed by atoms with Crippen molar-refractivity contribution in [3.63, 3.8) is 0 Å². The number of rotatable bonds is 8. The van der Waals surface area contributed by atoms with E-state index in [1.54, 1.807) is 20.4 Å². The number of halogens is 1. The van der Waals surface area contributed by atoms with Crippen LogP contribution in [0.5, 0.6) is 11.5 Å². The molecule has 1 aromatic carbocycles. The Kier molecular flexibility index (Phi) is 9.83. The summed E-state index contributed by atoms with van der Waals surface area (Å²) >= 11 is 0. The first kappa shape index (κ1) is 21.1. The smallest absolute Gasteiger partial charge is 0.191 e. The van der Waals surface area contributed by atoms with Crippen LogP contribution in [0.25, 0.3) is 0 Å². The van der Waals surface area contributed by atoms with Gasteiger partial charge < -0.3 is 24.5 Å². The van der Waals surface area contributed by atoms with E-state index >= 15 is 0 Å². The number of methoxy groups -OCH3 is 1. The van der Waals surface area contributed by atoms with E-state index in [9.17, 15) is 0 Å². The Morgan fingerprint density at radius 3 is 2.56 bits per heavy atom. The molecule has 1 aromatic heterocycles. The monoisotopic (exact) mass is 459 g/mol. The predicted molar refractivity (Wildman–Crippen MR) is 110 cm³/mol. The van der Waals surface area contributed by atoms with E-state index in [-0.39, 0.29) is 24.0 Å². The van der Waals surface area contributed by atoms with Crippen LogP contribution >= 0.6 is 24.0 Å². The Balaban J connectivity index is 0.00000312. The topological polar surface area (TPSA) is 68.0 Å². The zero-order chi connectivity index (χ0) is 17.2. The molecule has 2 rings (SSSR count). The van der Waals surface area contributed by atoms with Crippen LogP contribution in [-0.4, -0.2) is 33.3 Å². The molecule has 1 atom stereocenters. The lowest BCUT2D eigenvalue weighted by Crippen LogP contribution is -2.39. The highest BCUT2D eigenvalue weighted by Gasteiger charge is 2.08. The molecule has 0 spiro atoms. The molecule has 0 saturated heterocycles. The molecule has 2 N–H and O–H groups in total. The zero-order valence-corrected chi connectivity index (χ0v) is 17.2. The van der Waals surface area contributed by atoms with Gasteiger partial charge in [-0.2, -0.15) is 0 Å². The summed E-state index contributed by atoms with van der Waals surface area (Å²) in [4.78, 5) is 4.20. The molecule has 2 aromatic rings. The number of benzene rings is 1. The van der Waals surface area contributed by atoms with E-state index < -0.39 is 0 Å². The molecule has 1 heterocycles. The van der Waals surface area contributed by atoms with Crippen molar-refractivity contribution in [1.82, 2.24) is 10.6 Å². The number of para-hydroxylation sites is 2. The van der Waals surface area contributed by atoms with Gasteiger partial charge in [0, 0.05) is 19.5 Å². The van der Waals surface area contributed by atoms with Gasteiger partial charge >= 0.3 is 0 Å². The largest absolute Gasteiger partial charge is 0.493 e. The number of aliphatic imine (C=N–C) groups is 1. The van der Waals surface area contributed by atoms with Crippen molar-refractivity contribution in [2.45, 2.75) is 13.5 Å². The first-order valence-corrected chi connectivity index (χ1v) is 7.95. The van der Waals surface area contributed by atoms with E-state index in [4.69, 9.17) is 13.9 Å². The van der Waals surface area contributed by atoms with Gasteiger partial charge in [0.25, 0.3) is 0 Å². The highest BCUT2D eigenvalue weighted by molar-refractivity contribution is 14.0. The van der Waals surface area contributed by atoms with E-state index in [0.717, 1.165) is 29.8 Å². The average Bonchev–Trinajstić information content (AvgIpc) is 3.13. The Hall–Kier alpha value is -1.90. The van der Waals surface area contributed by atoms with Crippen LogP contribution < -0.4 is 20.1 Å². The summed E-state index contributed by atoms with van der Waals surface area (Å²) in [6.45, 7) is 4.04. The summed E-state index contributed by atoms with van der Waals surface area (Å²) in [6.07, 6.45) is 1.66. The number of furan rings is 1. The molecule has 0 fully saturated rings. The lowest BCUT2D eigenvalue weighted by molar-refractivity contribution is 0.248. The van der Waals surface area contributed by atoms with Crippen LogP contribution in [-0.2, 0) is 6.54 Å². The predicted octanol–water partition coefficient (Wildman–Crippen LogP) is 3.29. The summed E-state index contributed by atoms with van der Waals surface area (Å²) in [5.74, 6) is 3.40. The quantitative estimate of drug-likeness (QED) is 0.360. The van der Waals surface area contributed by atoms with Crippen molar-refractivity contribution < 1.29 is 13.9 Å². The van der Waals surface area contributed by atoms with Crippen LogP contribution in [0.1, 0.15) is 12.7 Å². The maximum Gasteiger partial charge on any atom is 0.191 e. The molecule has 0 radical (unpaired) electrons. The fourth-order valence-corrected chi connectivity index (χ4v) is 2.10. The SMILES string of the molecule is CN=C(NCc1ccco1)NCC(C)COc1ccccc1OC.I. The van der Waals surface area contributed by atoms with Gasteiger partial charge in [-0.15, -0.1) is 24.0 Å². The standard InChI is InChI=1S/C18H25N3O3.HI/c1-14(13-24-17-9-5-4-8-16(17)22-3)11-20-18(19-2)21-12-15-7-6-10-23-15;/h4-10,14H,11-13H2,1-3H3,(H2,19,20,21);1H. The number of hydrogen-bond acceptors (Lipinski definition) is 4. The number of ether oxygens (including phenoxy) is 2. The third-order valence-corrected chi connectivity index (χ3v) is 3.44. The van der Waals surface area contributed by atoms with Crippen molar-refractivity contribution >= 4 is 29.9 Å². The third kappa shape index (κ3) is 7.25. The molecule has 6 nitrogen and oxygen atoms in total. The number of nitrogens with zero attached hydrogens (tertiary/aromatic N) is 1. The summed E-state index contributed by atoms with van der Waals surface area (Å²) in [6, 6.07) is 11.4. The Morgan fingerprint density at radius 2 is 1.92 bits per heavy atom. The highest BCUT2D eigenvalue weighted by Crippen LogP contribution is 2.26. The molecule has 0 aliphatic carbocycles. The molecule has 7 heteroatoms. The lowest BCUT2D eigenvalue weighted by Gasteiger charge is -2.17. The molecule has 1 unspecified atom stereocenters. The van der Waals surface area contributed by atoms with Crippen LogP contribution in [0.2, 0.25) is 0 Å². The summed E-state index contributed by atoms with van der Waals surface area (Å²) in [5, 5.41) is 6.49. The molecule has 25 heavy (non-hydrogen) atoms. The maximum atomic E-state index is 5.83. The first-order chi connectivity index (χ1) is 11.7. The average molecular weight is 459 g/mol. The van der Waals surface area contributed by atoms with Crippen molar-refractivity contribution in [1.29, 1.82) is 0 Å². The van der Waals surface area contributed by atoms with E-state index in [1.165, 1.54) is 0 Å². The molecule has 0 aliphatic heterocycles. The van der Waals surface area contributed by atoms with Gasteiger partial charge in [-0.1, -0.05) is 19.1 Å². The third-order valence-electron chi connectivity index (χ3n) is 3.44. The van der Waals surface area contributed by atoms with Crippen LogP contribution in [0.4, 0.5) is 0 Å². The fourth-order valence-electron chi connectivity index (χ4n) is 2.10. The van der Waals surface area contributed by atoms with E-state index in [0.29, 0.717) is 19.1 Å². The maximum absolute atomic E-state index is 5.83. The lowest BCUT2D eigenvalue weighted by atomic mass is 10.2. The minimum Gasteiger partial charge on any atom is -0.493 e. The summed E-state index contributed by atoms with van der Waals surface area (Å²) in [7, 11) is 3.38. The highest BCUT2D eigenvalue weighted by atomic mass is 127. The van der Waals surface area contributed by atoms with Crippen molar-refractivity contribution in [2.75, 3.05) is 27.3 Å². The van der Waals surface area contributed by atoms with Gasteiger partial charge in [-0.3, -0.25) is 4.99 Å². The Bertz CT molecular complexity index is 632. The van der Waals surface area contributed by atoms with Gasteiger partial charge in [-0.25, -0.2) is 0 Å². The van der Waals surface area contributed by atoms with Crippen molar-refractivity contribution in [3.05, 3.63) is 48.4 Å². The molecule has 0 aliphatic rings. The molecule has 0 amide bonds. The zero-order valence-electron chi connectivity index (χ0n) is 14.8. The second kappa shape index (κ2) is 11.6. The van der Waals surface area contributed by atoms with Crippen molar-refractivity contribution in [2.24, 2.45) is 10.9 Å². The van der Waals surface area contributed by atoms with E-state index in [2.05, 4.69) is 22.5 Å². The molecule has 0 bridgehead atoms. The summed E-state index contributed by atoms with van der Waals surface area (Å²) in [5.41, 5.74) is 0. The molecule has 138 valence electrons. The number of nitrogens with one attached hydrogen (secondary N) is 2. The minimum absolute atomic E-state index is 0. The molecular formula is C18H26IN3O3. The molecular weight excluding hydrogens is 433 g/mol. The summed E-state index contributed by atoms with van der Waals surface area (Å²) < 4.78 is 16.4. The first-order valence-electron chi connectivity index (χ1n) is 7.95. The van der Waals surface area contributed by atoms with Crippen molar-refractivity contribution in [3.8, 4) is 11.5 Å². The Labute approximate surface area is 166 Å². The molecule has 0 saturated carbocycles. The van der Waals surface area contributed by atoms with Crippen LogP contribution in [0.15, 0.2) is 52.1 Å². The van der Waals surface area contributed by atoms with E-state index in [1.807, 2.05) is 36.4 Å². The normalized spacial score (nSPS) is 12.0. The fraction of sp³-hybridized carbons (Fsp3) is 0.389. The van der Waals surface area contributed by atoms with Gasteiger partial charge in [0.15, 0.2) is 17.5 Å². The number of guanidine groups is 1. The number of hydrogen-bond donors (Lipinski definition) is 2. The van der Waals surface area contributed by atoms with Gasteiger partial charge in [0.2, 0.25) is 0 Å².